The van der Waals surface area contributed by atoms with Crippen LogP contribution in [0.3, 0.4) is 0 Å². The number of amides is 2. The number of piperidine rings is 1. The summed E-state index contributed by atoms with van der Waals surface area (Å²) in [6, 6.07) is -0.329. The number of nitrogens with zero attached hydrogens (tertiary/aromatic N) is 3. The predicted octanol–water partition coefficient (Wildman–Crippen LogP) is -0.664. The van der Waals surface area contributed by atoms with Crippen molar-refractivity contribution in [1.29, 1.82) is 0 Å². The van der Waals surface area contributed by atoms with Crippen molar-refractivity contribution in [3.8, 4) is 0 Å². The van der Waals surface area contributed by atoms with Crippen LogP contribution in [0.5, 0.6) is 0 Å². The minimum Gasteiger partial charge on any atom is -0.480 e. The van der Waals surface area contributed by atoms with E-state index < -0.39 is 28.4 Å². The summed E-state index contributed by atoms with van der Waals surface area (Å²) in [6.45, 7) is 2.08. The minimum absolute atomic E-state index is 0.0203. The standard InChI is InChI=1S/C15H25N3O6S/c1-2-25(23,24)17-8-5-12(6-9-17)18(11-15(21)22)14(20)10-16-7-3-4-13(16)19/h12H,2-11H2,1H3,(H,21,22). The van der Waals surface area contributed by atoms with Gasteiger partial charge >= 0.3 is 5.97 Å². The molecule has 2 aliphatic heterocycles. The zero-order valence-corrected chi connectivity index (χ0v) is 15.2. The molecule has 25 heavy (non-hydrogen) atoms. The molecule has 0 spiro atoms. The summed E-state index contributed by atoms with van der Waals surface area (Å²) in [5.74, 6) is -1.58. The number of sulfonamides is 1. The highest BCUT2D eigenvalue weighted by molar-refractivity contribution is 7.89. The molecule has 0 atom stereocenters. The van der Waals surface area contributed by atoms with Crippen molar-refractivity contribution in [3.63, 3.8) is 0 Å². The molecule has 0 saturated carbocycles. The van der Waals surface area contributed by atoms with Crippen molar-refractivity contribution in [3.05, 3.63) is 0 Å². The average Bonchev–Trinajstić information content (AvgIpc) is 2.97. The summed E-state index contributed by atoms with van der Waals surface area (Å²) < 4.78 is 25.2. The van der Waals surface area contributed by atoms with Gasteiger partial charge in [0, 0.05) is 32.1 Å². The monoisotopic (exact) mass is 375 g/mol. The molecular formula is C15H25N3O6S. The number of rotatable bonds is 7. The number of hydrogen-bond acceptors (Lipinski definition) is 5. The lowest BCUT2D eigenvalue weighted by Crippen LogP contribution is -2.52. The second-order valence-corrected chi connectivity index (χ2v) is 8.62. The molecule has 2 heterocycles. The van der Waals surface area contributed by atoms with Crippen LogP contribution in [0.15, 0.2) is 0 Å². The lowest BCUT2D eigenvalue weighted by Gasteiger charge is -2.37. The molecule has 2 amide bonds. The van der Waals surface area contributed by atoms with Gasteiger partial charge in [-0.2, -0.15) is 0 Å². The van der Waals surface area contributed by atoms with E-state index in [1.165, 1.54) is 14.1 Å². The third-order valence-corrected chi connectivity index (χ3v) is 6.63. The van der Waals surface area contributed by atoms with E-state index in [0.717, 1.165) is 0 Å². The van der Waals surface area contributed by atoms with Gasteiger partial charge in [-0.3, -0.25) is 14.4 Å². The van der Waals surface area contributed by atoms with Gasteiger partial charge in [-0.1, -0.05) is 0 Å². The lowest BCUT2D eigenvalue weighted by molar-refractivity contribution is -0.148. The predicted molar refractivity (Wildman–Crippen MR) is 89.2 cm³/mol. The highest BCUT2D eigenvalue weighted by Crippen LogP contribution is 2.20. The summed E-state index contributed by atoms with van der Waals surface area (Å²) in [5.41, 5.74) is 0. The summed E-state index contributed by atoms with van der Waals surface area (Å²) in [6.07, 6.45) is 1.91. The first-order valence-electron chi connectivity index (χ1n) is 8.51. The topological polar surface area (TPSA) is 115 Å². The van der Waals surface area contributed by atoms with E-state index in [-0.39, 0.29) is 37.3 Å². The Balaban J connectivity index is 2.01. The summed E-state index contributed by atoms with van der Waals surface area (Å²) in [4.78, 5) is 38.1. The van der Waals surface area contributed by atoms with Crippen LogP contribution in [0.1, 0.15) is 32.6 Å². The average molecular weight is 375 g/mol. The fraction of sp³-hybridized carbons (Fsp3) is 0.800. The van der Waals surface area contributed by atoms with E-state index >= 15 is 0 Å². The fourth-order valence-corrected chi connectivity index (χ4v) is 4.44. The number of likely N-dealkylation sites (tertiary alicyclic amines) is 1. The lowest BCUT2D eigenvalue weighted by atomic mass is 10.0. The van der Waals surface area contributed by atoms with Gasteiger partial charge in [-0.25, -0.2) is 12.7 Å². The Morgan fingerprint density at radius 2 is 1.88 bits per heavy atom. The molecule has 9 nitrogen and oxygen atoms in total. The molecule has 142 valence electrons. The van der Waals surface area contributed by atoms with Crippen molar-refractivity contribution < 1.29 is 27.9 Å². The second-order valence-electron chi connectivity index (χ2n) is 6.37. The molecule has 2 aliphatic rings. The van der Waals surface area contributed by atoms with E-state index in [1.54, 1.807) is 6.92 Å². The van der Waals surface area contributed by atoms with Gasteiger partial charge < -0.3 is 14.9 Å². The van der Waals surface area contributed by atoms with Crippen LogP contribution >= 0.6 is 0 Å². The maximum Gasteiger partial charge on any atom is 0.323 e. The zero-order valence-electron chi connectivity index (χ0n) is 14.4. The van der Waals surface area contributed by atoms with E-state index in [1.807, 2.05) is 0 Å². The van der Waals surface area contributed by atoms with E-state index in [4.69, 9.17) is 5.11 Å². The molecule has 0 aromatic carbocycles. The van der Waals surface area contributed by atoms with Gasteiger partial charge in [0.15, 0.2) is 0 Å². The van der Waals surface area contributed by atoms with Gasteiger partial charge in [0.25, 0.3) is 0 Å². The van der Waals surface area contributed by atoms with Crippen molar-refractivity contribution in [2.75, 3.05) is 38.5 Å². The van der Waals surface area contributed by atoms with Crippen LogP contribution < -0.4 is 0 Å². The van der Waals surface area contributed by atoms with E-state index in [2.05, 4.69) is 0 Å². The number of carboxylic acid groups (broad SMARTS) is 1. The quantitative estimate of drug-likeness (QED) is 0.631. The van der Waals surface area contributed by atoms with Crippen LogP contribution in [0.4, 0.5) is 0 Å². The van der Waals surface area contributed by atoms with Crippen molar-refractivity contribution >= 4 is 27.8 Å². The van der Waals surface area contributed by atoms with Crippen LogP contribution in [0, 0.1) is 0 Å². The summed E-state index contributed by atoms with van der Waals surface area (Å²) >= 11 is 0. The first kappa shape index (κ1) is 19.6. The molecule has 0 bridgehead atoms. The molecule has 0 radical (unpaired) electrons. The van der Waals surface area contributed by atoms with E-state index in [9.17, 15) is 22.8 Å². The first-order valence-corrected chi connectivity index (χ1v) is 10.1. The number of carbonyl (C=O) groups is 3. The maximum absolute atomic E-state index is 12.6. The Kier molecular flexibility index (Phi) is 6.39. The third kappa shape index (κ3) is 4.91. The molecule has 0 aliphatic carbocycles. The molecule has 10 heteroatoms. The van der Waals surface area contributed by atoms with Gasteiger partial charge in [0.1, 0.15) is 6.54 Å². The smallest absolute Gasteiger partial charge is 0.323 e. The molecule has 0 aromatic rings. The summed E-state index contributed by atoms with van der Waals surface area (Å²) in [5, 5.41) is 9.11. The number of carboxylic acids is 1. The molecule has 1 N–H and O–H groups in total. The van der Waals surface area contributed by atoms with Crippen molar-refractivity contribution in [2.24, 2.45) is 0 Å². The van der Waals surface area contributed by atoms with Crippen LogP contribution in [0.2, 0.25) is 0 Å². The zero-order chi connectivity index (χ0) is 18.6. The number of aliphatic carboxylic acids is 1. The third-order valence-electron chi connectivity index (χ3n) is 4.75. The van der Waals surface area contributed by atoms with Crippen molar-refractivity contribution in [2.45, 2.75) is 38.6 Å². The maximum atomic E-state index is 12.6. The number of carbonyl (C=O) groups excluding carboxylic acids is 2. The van der Waals surface area contributed by atoms with Crippen LogP contribution in [-0.2, 0) is 24.4 Å². The Labute approximate surface area is 147 Å². The molecule has 0 unspecified atom stereocenters. The van der Waals surface area contributed by atoms with Gasteiger partial charge in [0.05, 0.1) is 12.3 Å². The Hall–Kier alpha value is -1.68. The van der Waals surface area contributed by atoms with Gasteiger partial charge in [-0.05, 0) is 26.2 Å². The van der Waals surface area contributed by atoms with Gasteiger partial charge in [0.2, 0.25) is 21.8 Å². The van der Waals surface area contributed by atoms with Gasteiger partial charge in [-0.15, -0.1) is 0 Å². The van der Waals surface area contributed by atoms with Crippen LogP contribution in [0.25, 0.3) is 0 Å². The SMILES string of the molecule is CCS(=O)(=O)N1CCC(N(CC(=O)O)C(=O)CN2CCCC2=O)CC1. The largest absolute Gasteiger partial charge is 0.480 e. The highest BCUT2D eigenvalue weighted by atomic mass is 32.2. The minimum atomic E-state index is -3.28. The molecule has 2 fully saturated rings. The Morgan fingerprint density at radius 3 is 2.36 bits per heavy atom. The Morgan fingerprint density at radius 1 is 1.24 bits per heavy atom. The Bertz CT molecular complexity index is 627. The summed E-state index contributed by atoms with van der Waals surface area (Å²) in [7, 11) is -3.28. The van der Waals surface area contributed by atoms with E-state index in [0.29, 0.717) is 32.2 Å². The van der Waals surface area contributed by atoms with Crippen molar-refractivity contribution in [1.82, 2.24) is 14.1 Å². The second kappa shape index (κ2) is 8.13. The first-order chi connectivity index (χ1) is 11.7. The fourth-order valence-electron chi connectivity index (χ4n) is 3.31. The highest BCUT2D eigenvalue weighted by Gasteiger charge is 2.34. The van der Waals surface area contributed by atoms with Crippen LogP contribution in [-0.4, -0.2) is 89.9 Å². The normalized spacial score (nSPS) is 20.0. The molecule has 0 aromatic heterocycles. The molecule has 2 rings (SSSR count). The number of hydrogen-bond donors (Lipinski definition) is 1. The molecule has 2 saturated heterocycles. The molecular weight excluding hydrogens is 350 g/mol.